The van der Waals surface area contributed by atoms with E-state index in [0.717, 1.165) is 61.9 Å². The molecular formula is C48H34N4S2. The van der Waals surface area contributed by atoms with Crippen LogP contribution in [0.15, 0.2) is 171 Å². The number of rotatable bonds is 4. The molecule has 0 unspecified atom stereocenters. The van der Waals surface area contributed by atoms with E-state index < -0.39 is 5.41 Å². The first-order chi connectivity index (χ1) is 26.3. The fourth-order valence-electron chi connectivity index (χ4n) is 7.76. The first-order valence-electron chi connectivity index (χ1n) is 17.9. The van der Waals surface area contributed by atoms with Gasteiger partial charge in [0.25, 0.3) is 0 Å². The minimum atomic E-state index is -0.409. The van der Waals surface area contributed by atoms with Crippen molar-refractivity contribution in [1.82, 2.24) is 0 Å². The molecule has 54 heavy (non-hydrogen) atoms. The SMILES string of the molecule is CC(C)(C)c1c(-c2cccc(C#N)c2)c(N2c3ccccc3Sc3ccccc32)cc(N2c3ccccc3Sc3ccccc32)c1-c1cccc(C#N)c1. The Labute approximate surface area is 325 Å². The van der Waals surface area contributed by atoms with E-state index >= 15 is 0 Å². The minimum absolute atomic E-state index is 0.409. The predicted octanol–water partition coefficient (Wildman–Crippen LogP) is 13.9. The van der Waals surface area contributed by atoms with Crippen LogP contribution in [-0.4, -0.2) is 0 Å². The zero-order chi connectivity index (χ0) is 37.0. The van der Waals surface area contributed by atoms with Gasteiger partial charge in [-0.15, -0.1) is 0 Å². The molecule has 0 saturated carbocycles. The van der Waals surface area contributed by atoms with Crippen molar-refractivity contribution in [3.8, 4) is 34.4 Å². The summed E-state index contributed by atoms with van der Waals surface area (Å²) >= 11 is 3.58. The molecule has 4 nitrogen and oxygen atoms in total. The molecule has 0 bridgehead atoms. The lowest BCUT2D eigenvalue weighted by atomic mass is 9.75. The van der Waals surface area contributed by atoms with E-state index in [9.17, 15) is 10.5 Å². The van der Waals surface area contributed by atoms with Crippen LogP contribution in [0.25, 0.3) is 22.3 Å². The molecule has 2 heterocycles. The third-order valence-electron chi connectivity index (χ3n) is 9.94. The quantitative estimate of drug-likeness (QED) is 0.180. The molecule has 6 heteroatoms. The maximum atomic E-state index is 10.2. The molecule has 2 aliphatic heterocycles. The highest BCUT2D eigenvalue weighted by Gasteiger charge is 2.36. The van der Waals surface area contributed by atoms with Gasteiger partial charge in [0.15, 0.2) is 0 Å². The third-order valence-corrected chi connectivity index (χ3v) is 12.2. The summed E-state index contributed by atoms with van der Waals surface area (Å²) in [7, 11) is 0. The summed E-state index contributed by atoms with van der Waals surface area (Å²) in [5.74, 6) is 0. The van der Waals surface area contributed by atoms with Crippen molar-refractivity contribution in [3.63, 3.8) is 0 Å². The predicted molar refractivity (Wildman–Crippen MR) is 223 cm³/mol. The van der Waals surface area contributed by atoms with Gasteiger partial charge in [-0.2, -0.15) is 10.5 Å². The van der Waals surface area contributed by atoms with Gasteiger partial charge in [0, 0.05) is 30.7 Å². The topological polar surface area (TPSA) is 54.1 Å². The summed E-state index contributed by atoms with van der Waals surface area (Å²) in [5, 5.41) is 20.4. The lowest BCUT2D eigenvalue weighted by molar-refractivity contribution is 0.594. The molecule has 0 aliphatic carbocycles. The monoisotopic (exact) mass is 730 g/mol. The molecule has 0 fully saturated rings. The summed E-state index contributed by atoms with van der Waals surface area (Å²) < 4.78 is 0. The molecule has 0 N–H and O–H groups in total. The van der Waals surface area contributed by atoms with Gasteiger partial charge in [0.05, 0.1) is 57.4 Å². The van der Waals surface area contributed by atoms with Crippen molar-refractivity contribution < 1.29 is 0 Å². The average molecular weight is 731 g/mol. The van der Waals surface area contributed by atoms with E-state index in [-0.39, 0.29) is 0 Å². The van der Waals surface area contributed by atoms with Crippen LogP contribution in [0.4, 0.5) is 34.1 Å². The van der Waals surface area contributed by atoms with Crippen molar-refractivity contribution in [2.75, 3.05) is 9.80 Å². The molecule has 0 amide bonds. The summed E-state index contributed by atoms with van der Waals surface area (Å²) in [6.45, 7) is 6.81. The Hall–Kier alpha value is -6.18. The van der Waals surface area contributed by atoms with Gasteiger partial charge in [0.1, 0.15) is 0 Å². The number of anilines is 6. The highest BCUT2D eigenvalue weighted by atomic mass is 32.2. The molecule has 0 spiro atoms. The average Bonchev–Trinajstić information content (AvgIpc) is 3.21. The third kappa shape index (κ3) is 5.63. The Morgan fingerprint density at radius 3 is 1.11 bits per heavy atom. The number of fused-ring (bicyclic) bond motifs is 4. The normalized spacial score (nSPS) is 12.8. The second-order valence-electron chi connectivity index (χ2n) is 14.4. The van der Waals surface area contributed by atoms with Gasteiger partial charge in [-0.05, 0) is 101 Å². The van der Waals surface area contributed by atoms with Crippen molar-refractivity contribution in [3.05, 3.63) is 168 Å². The van der Waals surface area contributed by atoms with Crippen LogP contribution in [0.3, 0.4) is 0 Å². The lowest BCUT2D eigenvalue weighted by Gasteiger charge is -2.41. The van der Waals surface area contributed by atoms with Gasteiger partial charge in [0.2, 0.25) is 0 Å². The Morgan fingerprint density at radius 2 is 0.778 bits per heavy atom. The van der Waals surface area contributed by atoms with Gasteiger partial charge >= 0.3 is 0 Å². The van der Waals surface area contributed by atoms with E-state index in [4.69, 9.17) is 0 Å². The van der Waals surface area contributed by atoms with Crippen LogP contribution >= 0.6 is 23.5 Å². The van der Waals surface area contributed by atoms with E-state index in [1.165, 1.54) is 19.6 Å². The zero-order valence-corrected chi connectivity index (χ0v) is 31.7. The highest BCUT2D eigenvalue weighted by Crippen LogP contribution is 2.60. The van der Waals surface area contributed by atoms with Crippen LogP contribution in [-0.2, 0) is 5.41 Å². The number of hydrogen-bond donors (Lipinski definition) is 0. The van der Waals surface area contributed by atoms with Crippen LogP contribution in [0, 0.1) is 22.7 Å². The summed E-state index contributed by atoms with van der Waals surface area (Å²) in [4.78, 5) is 9.51. The standard InChI is InChI=1S/C48H34N4S2/c1-48(2,3)47-45(33-16-12-14-31(26-33)29-49)39(51-35-18-4-8-22-41(35)53-42-23-9-5-19-36(42)51)28-40(46(47)34-17-13-15-32(27-34)30-50)52-37-20-6-10-24-43(37)54-44-25-11-7-21-38(44)52/h4-28H,1-3H3. The molecule has 9 rings (SSSR count). The number of nitriles is 2. The van der Waals surface area contributed by atoms with Gasteiger partial charge in [-0.25, -0.2) is 0 Å². The Kier molecular flexibility index (Phi) is 8.32. The van der Waals surface area contributed by atoms with E-state index in [1.807, 2.05) is 36.4 Å². The molecule has 0 radical (unpaired) electrons. The lowest BCUT2D eigenvalue weighted by Crippen LogP contribution is -2.23. The van der Waals surface area contributed by atoms with Crippen LogP contribution in [0.5, 0.6) is 0 Å². The Bertz CT molecular complexity index is 2450. The second kappa shape index (κ2) is 13.3. The van der Waals surface area contributed by atoms with Gasteiger partial charge in [-0.1, -0.05) is 117 Å². The molecule has 2 aliphatic rings. The van der Waals surface area contributed by atoms with Gasteiger partial charge in [-0.3, -0.25) is 0 Å². The van der Waals surface area contributed by atoms with Crippen LogP contribution in [0.1, 0.15) is 37.5 Å². The zero-order valence-electron chi connectivity index (χ0n) is 30.0. The van der Waals surface area contributed by atoms with Crippen molar-refractivity contribution >= 4 is 57.6 Å². The largest absolute Gasteiger partial charge is 0.308 e. The van der Waals surface area contributed by atoms with Crippen molar-refractivity contribution in [1.29, 1.82) is 10.5 Å². The first kappa shape index (κ1) is 33.6. The maximum Gasteiger partial charge on any atom is 0.0991 e. The fraction of sp³-hybridized carbons (Fsp3) is 0.0833. The summed E-state index contributed by atoms with van der Waals surface area (Å²) in [6, 6.07) is 57.6. The number of para-hydroxylation sites is 4. The Balaban J connectivity index is 1.51. The first-order valence-corrected chi connectivity index (χ1v) is 19.5. The van der Waals surface area contributed by atoms with Crippen LogP contribution < -0.4 is 9.80 Å². The van der Waals surface area contributed by atoms with Crippen LogP contribution in [0.2, 0.25) is 0 Å². The Morgan fingerprint density at radius 1 is 0.426 bits per heavy atom. The molecule has 0 saturated heterocycles. The fourth-order valence-corrected chi connectivity index (χ4v) is 9.87. The molecule has 0 atom stereocenters. The molecular weight excluding hydrogens is 697 g/mol. The summed E-state index contributed by atoms with van der Waals surface area (Å²) in [6.07, 6.45) is 0. The van der Waals surface area contributed by atoms with Crippen molar-refractivity contribution in [2.45, 2.75) is 45.8 Å². The van der Waals surface area contributed by atoms with E-state index in [0.29, 0.717) is 11.1 Å². The highest BCUT2D eigenvalue weighted by molar-refractivity contribution is 8.00. The molecule has 0 aromatic heterocycles. The minimum Gasteiger partial charge on any atom is -0.308 e. The second-order valence-corrected chi connectivity index (χ2v) is 16.6. The van der Waals surface area contributed by atoms with Crippen molar-refractivity contribution in [2.24, 2.45) is 0 Å². The molecule has 7 aromatic carbocycles. The maximum absolute atomic E-state index is 10.2. The molecule has 258 valence electrons. The molecule has 7 aromatic rings. The number of benzene rings is 7. The van der Waals surface area contributed by atoms with E-state index in [2.05, 4.69) is 158 Å². The van der Waals surface area contributed by atoms with E-state index in [1.54, 1.807) is 23.5 Å². The smallest absolute Gasteiger partial charge is 0.0991 e. The summed E-state index contributed by atoms with van der Waals surface area (Å²) in [5.41, 5.74) is 12.3. The van der Waals surface area contributed by atoms with Gasteiger partial charge < -0.3 is 9.80 Å². The number of nitrogens with zero attached hydrogens (tertiary/aromatic N) is 4. The number of hydrogen-bond acceptors (Lipinski definition) is 6.